The topological polar surface area (TPSA) is 3.24 Å². The molecule has 0 saturated heterocycles. The minimum atomic E-state index is 0.983. The second-order valence-electron chi connectivity index (χ2n) is 3.96. The molecule has 2 rings (SSSR count). The molecule has 76 valence electrons. The number of hydrogen-bond acceptors (Lipinski definition) is 2. The summed E-state index contributed by atoms with van der Waals surface area (Å²) in [4.78, 5) is 2.33. The molecule has 2 heteroatoms. The van der Waals surface area contributed by atoms with Gasteiger partial charge >= 0.3 is 0 Å². The minimum absolute atomic E-state index is 0.983. The molecule has 1 aromatic carbocycles. The van der Waals surface area contributed by atoms with E-state index in [-0.39, 0.29) is 0 Å². The summed E-state index contributed by atoms with van der Waals surface area (Å²) >= 11 is 4.24. The van der Waals surface area contributed by atoms with Crippen LogP contribution in [0.3, 0.4) is 0 Å². The largest absolute Gasteiger partial charge is 0.374 e. The Kier molecular flexibility index (Phi) is 3.02. The number of benzene rings is 1. The zero-order valence-electron chi connectivity index (χ0n) is 8.66. The van der Waals surface area contributed by atoms with Crippen molar-refractivity contribution in [2.24, 2.45) is 0 Å². The van der Waals surface area contributed by atoms with Gasteiger partial charge in [0.15, 0.2) is 0 Å². The van der Waals surface area contributed by atoms with Crippen molar-refractivity contribution < 1.29 is 0 Å². The molecule has 14 heavy (non-hydrogen) atoms. The predicted molar refractivity (Wildman–Crippen MR) is 65.6 cm³/mol. The third-order valence-electron chi connectivity index (χ3n) is 2.90. The van der Waals surface area contributed by atoms with Crippen molar-refractivity contribution in [1.82, 2.24) is 0 Å². The number of thiol groups is 1. The van der Waals surface area contributed by atoms with Crippen LogP contribution < -0.4 is 4.90 Å². The molecule has 0 fully saturated rings. The number of anilines is 1. The number of hydrogen-bond donors (Lipinski definition) is 1. The summed E-state index contributed by atoms with van der Waals surface area (Å²) < 4.78 is 0. The lowest BCUT2D eigenvalue weighted by atomic mass is 10.1. The standard InChI is InChI=1S/C12H17NS/c1-13-7-6-11-9-10(3-2-8-14)4-5-12(11)13/h4-5,9,14H,2-3,6-8H2,1H3. The first-order valence-corrected chi connectivity index (χ1v) is 5.88. The highest BCUT2D eigenvalue weighted by atomic mass is 32.1. The first kappa shape index (κ1) is 9.91. The van der Waals surface area contributed by atoms with Crippen molar-refractivity contribution >= 4 is 18.3 Å². The zero-order chi connectivity index (χ0) is 9.97. The lowest BCUT2D eigenvalue weighted by Crippen LogP contribution is -2.12. The molecule has 0 aliphatic carbocycles. The fraction of sp³-hybridized carbons (Fsp3) is 0.500. The summed E-state index contributed by atoms with van der Waals surface area (Å²) in [5.74, 6) is 0.983. The molecule has 0 bridgehead atoms. The summed E-state index contributed by atoms with van der Waals surface area (Å²) in [7, 11) is 2.17. The molecule has 0 aromatic heterocycles. The van der Waals surface area contributed by atoms with E-state index in [0.29, 0.717) is 0 Å². The monoisotopic (exact) mass is 207 g/mol. The maximum Gasteiger partial charge on any atom is 0.0397 e. The van der Waals surface area contributed by atoms with Crippen LogP contribution in [-0.2, 0) is 12.8 Å². The summed E-state index contributed by atoms with van der Waals surface area (Å²) in [6, 6.07) is 6.88. The van der Waals surface area contributed by atoms with Crippen molar-refractivity contribution in [2.45, 2.75) is 19.3 Å². The van der Waals surface area contributed by atoms with Gasteiger partial charge in [-0.1, -0.05) is 12.1 Å². The number of likely N-dealkylation sites (N-methyl/N-ethyl adjacent to an activating group) is 1. The molecule has 1 aliphatic heterocycles. The Balaban J connectivity index is 2.15. The van der Waals surface area contributed by atoms with Crippen LogP contribution in [0.5, 0.6) is 0 Å². The molecule has 0 spiro atoms. The van der Waals surface area contributed by atoms with Gasteiger partial charge in [-0.15, -0.1) is 0 Å². The van der Waals surface area contributed by atoms with Crippen LogP contribution in [0.4, 0.5) is 5.69 Å². The highest BCUT2D eigenvalue weighted by molar-refractivity contribution is 7.80. The first-order chi connectivity index (χ1) is 6.81. The third-order valence-corrected chi connectivity index (χ3v) is 3.21. The molecular weight excluding hydrogens is 190 g/mol. The van der Waals surface area contributed by atoms with Crippen LogP contribution in [0.1, 0.15) is 17.5 Å². The highest BCUT2D eigenvalue weighted by Crippen LogP contribution is 2.27. The van der Waals surface area contributed by atoms with Gasteiger partial charge in [0, 0.05) is 19.3 Å². The molecule has 0 amide bonds. The fourth-order valence-electron chi connectivity index (χ4n) is 2.06. The molecule has 1 nitrogen and oxygen atoms in total. The van der Waals surface area contributed by atoms with Crippen molar-refractivity contribution in [1.29, 1.82) is 0 Å². The Labute approximate surface area is 91.5 Å². The van der Waals surface area contributed by atoms with Gasteiger partial charge < -0.3 is 4.90 Å². The van der Waals surface area contributed by atoms with Gasteiger partial charge in [0.1, 0.15) is 0 Å². The van der Waals surface area contributed by atoms with Gasteiger partial charge in [-0.3, -0.25) is 0 Å². The second-order valence-corrected chi connectivity index (χ2v) is 4.41. The number of rotatable bonds is 3. The van der Waals surface area contributed by atoms with Crippen molar-refractivity contribution in [3.63, 3.8) is 0 Å². The Bertz CT molecular complexity index is 322. The number of fused-ring (bicyclic) bond motifs is 1. The fourth-order valence-corrected chi connectivity index (χ4v) is 2.22. The molecule has 0 radical (unpaired) electrons. The molecule has 0 saturated carbocycles. The van der Waals surface area contributed by atoms with Crippen LogP contribution >= 0.6 is 12.6 Å². The van der Waals surface area contributed by atoms with Gasteiger partial charge in [-0.2, -0.15) is 12.6 Å². The lowest BCUT2D eigenvalue weighted by Gasteiger charge is -2.11. The molecule has 0 unspecified atom stereocenters. The Morgan fingerprint density at radius 2 is 2.29 bits per heavy atom. The van der Waals surface area contributed by atoms with E-state index in [4.69, 9.17) is 0 Å². The Morgan fingerprint density at radius 3 is 3.07 bits per heavy atom. The van der Waals surface area contributed by atoms with Crippen molar-refractivity contribution in [3.05, 3.63) is 29.3 Å². The van der Waals surface area contributed by atoms with E-state index >= 15 is 0 Å². The van der Waals surface area contributed by atoms with E-state index in [1.807, 2.05) is 0 Å². The molecule has 1 aromatic rings. The van der Waals surface area contributed by atoms with E-state index in [2.05, 4.69) is 42.8 Å². The average molecular weight is 207 g/mol. The van der Waals surface area contributed by atoms with Gasteiger partial charge in [0.2, 0.25) is 0 Å². The number of nitrogens with zero attached hydrogens (tertiary/aromatic N) is 1. The predicted octanol–water partition coefficient (Wildman–Crippen LogP) is 2.54. The highest BCUT2D eigenvalue weighted by Gasteiger charge is 2.14. The third kappa shape index (κ3) is 1.90. The van der Waals surface area contributed by atoms with Crippen LogP contribution in [0.15, 0.2) is 18.2 Å². The summed E-state index contributed by atoms with van der Waals surface area (Å²) in [6.45, 7) is 1.17. The van der Waals surface area contributed by atoms with Crippen molar-refractivity contribution in [2.75, 3.05) is 24.2 Å². The molecule has 0 atom stereocenters. The van der Waals surface area contributed by atoms with Crippen LogP contribution in [-0.4, -0.2) is 19.3 Å². The maximum atomic E-state index is 4.24. The summed E-state index contributed by atoms with van der Waals surface area (Å²) in [5, 5.41) is 0. The van der Waals surface area contributed by atoms with Gasteiger partial charge in [-0.25, -0.2) is 0 Å². The molecule has 1 heterocycles. The zero-order valence-corrected chi connectivity index (χ0v) is 9.56. The minimum Gasteiger partial charge on any atom is -0.374 e. The molecule has 0 N–H and O–H groups in total. The van der Waals surface area contributed by atoms with Crippen LogP contribution in [0.2, 0.25) is 0 Å². The summed E-state index contributed by atoms with van der Waals surface area (Å²) in [6.07, 6.45) is 3.55. The van der Waals surface area contributed by atoms with Gasteiger partial charge in [0.25, 0.3) is 0 Å². The van der Waals surface area contributed by atoms with Crippen molar-refractivity contribution in [3.8, 4) is 0 Å². The smallest absolute Gasteiger partial charge is 0.0397 e. The second kappa shape index (κ2) is 4.26. The number of aryl methyl sites for hydroxylation is 1. The Morgan fingerprint density at radius 1 is 1.43 bits per heavy atom. The quantitative estimate of drug-likeness (QED) is 0.746. The van der Waals surface area contributed by atoms with E-state index < -0.39 is 0 Å². The molecule has 1 aliphatic rings. The summed E-state index contributed by atoms with van der Waals surface area (Å²) in [5.41, 5.74) is 4.40. The van der Waals surface area contributed by atoms with E-state index in [1.54, 1.807) is 0 Å². The lowest BCUT2D eigenvalue weighted by molar-refractivity contribution is 0.932. The van der Waals surface area contributed by atoms with Crippen LogP contribution in [0.25, 0.3) is 0 Å². The SMILES string of the molecule is CN1CCc2cc(CCCS)ccc21. The average Bonchev–Trinajstić information content (AvgIpc) is 2.57. The normalized spacial score (nSPS) is 14.6. The van der Waals surface area contributed by atoms with Gasteiger partial charge in [0.05, 0.1) is 0 Å². The molecular formula is C12H17NS. The first-order valence-electron chi connectivity index (χ1n) is 5.25. The van der Waals surface area contributed by atoms with Crippen LogP contribution in [0, 0.1) is 0 Å². The van der Waals surface area contributed by atoms with Gasteiger partial charge in [-0.05, 0) is 42.2 Å². The Hall–Kier alpha value is -0.630. The van der Waals surface area contributed by atoms with E-state index in [1.165, 1.54) is 42.6 Å². The van der Waals surface area contributed by atoms with E-state index in [9.17, 15) is 0 Å². The van der Waals surface area contributed by atoms with E-state index in [0.717, 1.165) is 5.75 Å². The maximum absolute atomic E-state index is 4.24.